The highest BCUT2D eigenvalue weighted by molar-refractivity contribution is 7.80. The Balaban J connectivity index is 2.17. The van der Waals surface area contributed by atoms with E-state index in [9.17, 15) is 19.7 Å². The number of nitrogens with one attached hydrogen (secondary N) is 1. The molecule has 7 nitrogen and oxygen atoms in total. The Morgan fingerprint density at radius 3 is 2.65 bits per heavy atom. The summed E-state index contributed by atoms with van der Waals surface area (Å²) in [6.07, 6.45) is 2.69. The van der Waals surface area contributed by atoms with Gasteiger partial charge in [-0.3, -0.25) is 29.9 Å². The molecule has 0 atom stereocenters. The summed E-state index contributed by atoms with van der Waals surface area (Å²) in [4.78, 5) is 37.0. The third-order valence-electron chi connectivity index (χ3n) is 3.91. The van der Waals surface area contributed by atoms with E-state index in [1.54, 1.807) is 30.3 Å². The molecule has 2 aromatic rings. The minimum absolute atomic E-state index is 0.0231. The summed E-state index contributed by atoms with van der Waals surface area (Å²) in [6.45, 7) is 3.67. The first kappa shape index (κ1) is 17.4. The van der Waals surface area contributed by atoms with E-state index in [1.807, 2.05) is 0 Å². The average molecular weight is 367 g/mol. The molecule has 0 saturated carbocycles. The fourth-order valence-electron chi connectivity index (χ4n) is 2.74. The molecule has 1 aliphatic rings. The van der Waals surface area contributed by atoms with Crippen molar-refractivity contribution in [1.82, 2.24) is 10.2 Å². The van der Waals surface area contributed by atoms with Crippen molar-refractivity contribution in [2.24, 2.45) is 0 Å². The SMILES string of the molecule is C=CCN1C(=O)C(=Cc2ccc3ccccc3c2[N+](=O)[O-])C(=O)NC1=S. The zero-order valence-corrected chi connectivity index (χ0v) is 14.3. The Bertz CT molecular complexity index is 1010. The molecule has 130 valence electrons. The number of nitrogens with zero attached hydrogens (tertiary/aromatic N) is 2. The monoisotopic (exact) mass is 367 g/mol. The molecule has 0 spiro atoms. The van der Waals surface area contributed by atoms with Gasteiger partial charge in [-0.25, -0.2) is 0 Å². The maximum atomic E-state index is 12.6. The van der Waals surface area contributed by atoms with E-state index in [1.165, 1.54) is 23.1 Å². The van der Waals surface area contributed by atoms with Crippen LogP contribution >= 0.6 is 12.2 Å². The van der Waals surface area contributed by atoms with Crippen molar-refractivity contribution in [3.63, 3.8) is 0 Å². The summed E-state index contributed by atoms with van der Waals surface area (Å²) in [5, 5.41) is 15.1. The molecule has 2 amide bonds. The van der Waals surface area contributed by atoms with Crippen LogP contribution in [0.3, 0.4) is 0 Å². The minimum atomic E-state index is -0.692. The lowest BCUT2D eigenvalue weighted by atomic mass is 10.0. The predicted octanol–water partition coefficient (Wildman–Crippen LogP) is 2.56. The summed E-state index contributed by atoms with van der Waals surface area (Å²) in [7, 11) is 0. The number of carbonyl (C=O) groups excluding carboxylic acids is 2. The van der Waals surface area contributed by atoms with Gasteiger partial charge < -0.3 is 0 Å². The fourth-order valence-corrected chi connectivity index (χ4v) is 2.99. The van der Waals surface area contributed by atoms with Crippen molar-refractivity contribution >= 4 is 51.7 Å². The highest BCUT2D eigenvalue weighted by Gasteiger charge is 2.33. The molecule has 0 aromatic heterocycles. The average Bonchev–Trinajstić information content (AvgIpc) is 2.61. The zero-order chi connectivity index (χ0) is 18.8. The van der Waals surface area contributed by atoms with Gasteiger partial charge in [0.25, 0.3) is 17.5 Å². The number of thiocarbonyl (C=S) groups is 1. The first-order chi connectivity index (χ1) is 12.4. The first-order valence-corrected chi connectivity index (χ1v) is 8.00. The van der Waals surface area contributed by atoms with Crippen LogP contribution in [0.1, 0.15) is 5.56 Å². The Morgan fingerprint density at radius 1 is 1.23 bits per heavy atom. The number of carbonyl (C=O) groups is 2. The molecule has 26 heavy (non-hydrogen) atoms. The molecule has 1 heterocycles. The lowest BCUT2D eigenvalue weighted by Gasteiger charge is -2.27. The summed E-state index contributed by atoms with van der Waals surface area (Å²) in [6, 6.07) is 10.1. The molecule has 0 radical (unpaired) electrons. The number of hydrogen-bond acceptors (Lipinski definition) is 5. The fraction of sp³-hybridized carbons (Fsp3) is 0.0556. The van der Waals surface area contributed by atoms with E-state index in [2.05, 4.69) is 11.9 Å². The lowest BCUT2D eigenvalue weighted by Crippen LogP contribution is -2.53. The number of rotatable bonds is 4. The minimum Gasteiger partial charge on any atom is -0.298 e. The van der Waals surface area contributed by atoms with Gasteiger partial charge in [-0.2, -0.15) is 0 Å². The van der Waals surface area contributed by atoms with Crippen LogP contribution in [0.4, 0.5) is 5.69 Å². The Morgan fingerprint density at radius 2 is 1.96 bits per heavy atom. The largest absolute Gasteiger partial charge is 0.298 e. The maximum Gasteiger partial charge on any atom is 0.284 e. The normalized spacial score (nSPS) is 16.1. The van der Waals surface area contributed by atoms with Gasteiger partial charge in [0, 0.05) is 6.54 Å². The van der Waals surface area contributed by atoms with Crippen LogP contribution in [0.25, 0.3) is 16.8 Å². The van der Waals surface area contributed by atoms with Crippen LogP contribution in [0.15, 0.2) is 54.6 Å². The molecule has 0 bridgehead atoms. The van der Waals surface area contributed by atoms with Gasteiger partial charge in [0.05, 0.1) is 15.9 Å². The van der Waals surface area contributed by atoms with Gasteiger partial charge in [-0.05, 0) is 35.8 Å². The highest BCUT2D eigenvalue weighted by Crippen LogP contribution is 2.31. The number of benzene rings is 2. The second-order valence-corrected chi connectivity index (χ2v) is 5.89. The van der Waals surface area contributed by atoms with E-state index in [0.29, 0.717) is 10.8 Å². The van der Waals surface area contributed by atoms with Crippen molar-refractivity contribution in [3.05, 3.63) is 70.3 Å². The summed E-state index contributed by atoms with van der Waals surface area (Å²) >= 11 is 4.98. The molecule has 1 N–H and O–H groups in total. The van der Waals surface area contributed by atoms with Gasteiger partial charge in [-0.1, -0.05) is 30.3 Å². The van der Waals surface area contributed by atoms with Gasteiger partial charge in [0.15, 0.2) is 5.11 Å². The number of hydrogen-bond donors (Lipinski definition) is 1. The van der Waals surface area contributed by atoms with Gasteiger partial charge in [0.1, 0.15) is 5.57 Å². The topological polar surface area (TPSA) is 92.6 Å². The molecular weight excluding hydrogens is 354 g/mol. The van der Waals surface area contributed by atoms with Crippen LogP contribution in [-0.2, 0) is 9.59 Å². The molecule has 1 aliphatic heterocycles. The molecule has 1 fully saturated rings. The summed E-state index contributed by atoms with van der Waals surface area (Å²) < 4.78 is 0. The van der Waals surface area contributed by atoms with Crippen molar-refractivity contribution < 1.29 is 14.5 Å². The quantitative estimate of drug-likeness (QED) is 0.224. The van der Waals surface area contributed by atoms with E-state index in [4.69, 9.17) is 12.2 Å². The zero-order valence-electron chi connectivity index (χ0n) is 13.5. The Labute approximate surface area is 153 Å². The first-order valence-electron chi connectivity index (χ1n) is 7.60. The van der Waals surface area contributed by atoms with E-state index in [0.717, 1.165) is 0 Å². The van der Waals surface area contributed by atoms with E-state index < -0.39 is 16.7 Å². The molecule has 2 aromatic carbocycles. The van der Waals surface area contributed by atoms with E-state index in [-0.39, 0.29) is 28.5 Å². The maximum absolute atomic E-state index is 12.6. The lowest BCUT2D eigenvalue weighted by molar-refractivity contribution is -0.383. The number of nitro benzene ring substituents is 1. The molecule has 8 heteroatoms. The predicted molar refractivity (Wildman–Crippen MR) is 101 cm³/mol. The number of amides is 2. The molecule has 1 saturated heterocycles. The van der Waals surface area contributed by atoms with Crippen molar-refractivity contribution in [1.29, 1.82) is 0 Å². The van der Waals surface area contributed by atoms with Gasteiger partial charge in [0.2, 0.25) is 0 Å². The van der Waals surface area contributed by atoms with Crippen molar-refractivity contribution in [2.45, 2.75) is 0 Å². The molecular formula is C18H13N3O4S. The van der Waals surface area contributed by atoms with E-state index >= 15 is 0 Å². The molecule has 0 aliphatic carbocycles. The second-order valence-electron chi connectivity index (χ2n) is 5.50. The highest BCUT2D eigenvalue weighted by atomic mass is 32.1. The van der Waals surface area contributed by atoms with Crippen molar-refractivity contribution in [2.75, 3.05) is 6.54 Å². The van der Waals surface area contributed by atoms with Crippen LogP contribution in [-0.4, -0.2) is 33.3 Å². The van der Waals surface area contributed by atoms with Gasteiger partial charge in [-0.15, -0.1) is 6.58 Å². The Hall–Kier alpha value is -3.39. The smallest absolute Gasteiger partial charge is 0.284 e. The standard InChI is InChI=1S/C18H13N3O4S/c1-2-9-20-17(23)14(16(22)19-18(20)26)10-12-8-7-11-5-3-4-6-13(11)15(12)21(24)25/h2-8,10H,1,9H2,(H,19,22,26). The number of fused-ring (bicyclic) bond motifs is 1. The summed E-state index contributed by atoms with van der Waals surface area (Å²) in [5.41, 5.74) is -0.225. The van der Waals surface area contributed by atoms with Crippen LogP contribution in [0.2, 0.25) is 0 Å². The van der Waals surface area contributed by atoms with Crippen LogP contribution in [0, 0.1) is 10.1 Å². The van der Waals surface area contributed by atoms with Crippen molar-refractivity contribution in [3.8, 4) is 0 Å². The third kappa shape index (κ3) is 2.98. The molecule has 0 unspecified atom stereocenters. The van der Waals surface area contributed by atoms with Crippen LogP contribution < -0.4 is 5.32 Å². The number of nitro groups is 1. The Kier molecular flexibility index (Phi) is 4.59. The van der Waals surface area contributed by atoms with Gasteiger partial charge >= 0.3 is 0 Å². The third-order valence-corrected chi connectivity index (χ3v) is 4.23. The second kappa shape index (κ2) is 6.85. The molecule has 3 rings (SSSR count). The van der Waals surface area contributed by atoms with Crippen LogP contribution in [0.5, 0.6) is 0 Å². The summed E-state index contributed by atoms with van der Waals surface area (Å²) in [5.74, 6) is -1.32.